The molecule has 0 spiro atoms. The van der Waals surface area contributed by atoms with E-state index in [1.165, 1.54) is 24.8 Å². The normalized spacial score (nSPS) is 16.0. The van der Waals surface area contributed by atoms with Crippen molar-refractivity contribution < 1.29 is 9.47 Å². The van der Waals surface area contributed by atoms with Crippen LogP contribution in [0.3, 0.4) is 0 Å². The summed E-state index contributed by atoms with van der Waals surface area (Å²) in [5.41, 5.74) is 2.14. The van der Waals surface area contributed by atoms with Gasteiger partial charge in [0.05, 0.1) is 20.8 Å². The summed E-state index contributed by atoms with van der Waals surface area (Å²) in [4.78, 5) is 4.43. The highest BCUT2D eigenvalue weighted by Crippen LogP contribution is 2.42. The van der Waals surface area contributed by atoms with Crippen LogP contribution in [-0.4, -0.2) is 48.4 Å². The molecule has 8 heteroatoms. The van der Waals surface area contributed by atoms with Gasteiger partial charge in [-0.1, -0.05) is 31.4 Å². The lowest BCUT2D eigenvalue weighted by Gasteiger charge is -2.38. The van der Waals surface area contributed by atoms with Crippen molar-refractivity contribution in [1.29, 1.82) is 0 Å². The van der Waals surface area contributed by atoms with Crippen LogP contribution in [0.5, 0.6) is 11.5 Å². The lowest BCUT2D eigenvalue weighted by molar-refractivity contribution is 0.288. The van der Waals surface area contributed by atoms with Crippen molar-refractivity contribution in [2.45, 2.75) is 44.1 Å². The van der Waals surface area contributed by atoms with E-state index >= 15 is 0 Å². The summed E-state index contributed by atoms with van der Waals surface area (Å²) in [6.45, 7) is 1.33. The minimum atomic E-state index is 0.0248. The number of ether oxygens (including phenoxy) is 2. The standard InChI is InChI=1S/C24H32N6O2/c1-25-23(26-16-22-29-28-21-9-5-8-14-30(21)22)27-17-24(12-6-4-7-13-24)18-10-11-19(31-2)20(15-18)32-3/h5,8-11,14-15H,4,6-7,12-13,16-17H2,1-3H3,(H2,25,26,27). The summed E-state index contributed by atoms with van der Waals surface area (Å²) >= 11 is 0. The van der Waals surface area contributed by atoms with Gasteiger partial charge >= 0.3 is 0 Å². The van der Waals surface area contributed by atoms with Crippen LogP contribution in [0.25, 0.3) is 5.65 Å². The quantitative estimate of drug-likeness (QED) is 0.437. The minimum absolute atomic E-state index is 0.0248. The zero-order valence-corrected chi connectivity index (χ0v) is 19.1. The first kappa shape index (κ1) is 21.9. The van der Waals surface area contributed by atoms with Gasteiger partial charge in [0.25, 0.3) is 0 Å². The molecule has 1 aromatic carbocycles. The Kier molecular flexibility index (Phi) is 6.78. The first-order chi connectivity index (χ1) is 15.7. The van der Waals surface area contributed by atoms with Crippen LogP contribution in [0.15, 0.2) is 47.6 Å². The number of fused-ring (bicyclic) bond motifs is 1. The SMILES string of the molecule is CN=C(NCc1nnc2ccccn12)NCC1(c2ccc(OC)c(OC)c2)CCCCC1. The molecule has 2 heterocycles. The Labute approximate surface area is 189 Å². The number of pyridine rings is 1. The van der Waals surface area contributed by atoms with Gasteiger partial charge in [-0.3, -0.25) is 9.39 Å². The van der Waals surface area contributed by atoms with Crippen molar-refractivity contribution in [1.82, 2.24) is 25.2 Å². The zero-order valence-electron chi connectivity index (χ0n) is 19.1. The van der Waals surface area contributed by atoms with Crippen molar-refractivity contribution in [2.24, 2.45) is 4.99 Å². The Bertz CT molecular complexity index is 1070. The topological polar surface area (TPSA) is 85.1 Å². The molecule has 1 aliphatic rings. The van der Waals surface area contributed by atoms with E-state index < -0.39 is 0 Å². The third kappa shape index (κ3) is 4.49. The first-order valence-electron chi connectivity index (χ1n) is 11.1. The maximum atomic E-state index is 5.58. The number of methoxy groups -OCH3 is 2. The molecule has 3 aromatic rings. The summed E-state index contributed by atoms with van der Waals surface area (Å²) in [6, 6.07) is 12.2. The van der Waals surface area contributed by atoms with Crippen LogP contribution in [0.4, 0.5) is 0 Å². The number of benzene rings is 1. The molecular weight excluding hydrogens is 404 g/mol. The lowest BCUT2D eigenvalue weighted by atomic mass is 9.69. The Morgan fingerprint density at radius 1 is 1.03 bits per heavy atom. The number of aromatic nitrogens is 3. The Morgan fingerprint density at radius 3 is 2.59 bits per heavy atom. The summed E-state index contributed by atoms with van der Waals surface area (Å²) in [5.74, 6) is 3.13. The molecule has 32 heavy (non-hydrogen) atoms. The molecule has 2 N–H and O–H groups in total. The van der Waals surface area contributed by atoms with Gasteiger partial charge < -0.3 is 20.1 Å². The van der Waals surface area contributed by atoms with Gasteiger partial charge in [0.15, 0.2) is 28.9 Å². The molecule has 0 amide bonds. The minimum Gasteiger partial charge on any atom is -0.493 e. The number of nitrogens with zero attached hydrogens (tertiary/aromatic N) is 4. The molecule has 0 radical (unpaired) electrons. The van der Waals surface area contributed by atoms with Crippen LogP contribution in [-0.2, 0) is 12.0 Å². The van der Waals surface area contributed by atoms with Crippen LogP contribution in [0, 0.1) is 0 Å². The van der Waals surface area contributed by atoms with Gasteiger partial charge in [-0.25, -0.2) is 0 Å². The highest BCUT2D eigenvalue weighted by Gasteiger charge is 2.34. The highest BCUT2D eigenvalue weighted by atomic mass is 16.5. The third-order valence-electron chi connectivity index (χ3n) is 6.42. The van der Waals surface area contributed by atoms with E-state index in [1.54, 1.807) is 21.3 Å². The molecule has 1 saturated carbocycles. The first-order valence-corrected chi connectivity index (χ1v) is 11.1. The molecule has 0 aliphatic heterocycles. The lowest BCUT2D eigenvalue weighted by Crippen LogP contribution is -2.46. The Balaban J connectivity index is 1.48. The van der Waals surface area contributed by atoms with Crippen molar-refractivity contribution in [3.63, 3.8) is 0 Å². The van der Waals surface area contributed by atoms with Gasteiger partial charge in [-0.05, 0) is 42.7 Å². The smallest absolute Gasteiger partial charge is 0.191 e. The predicted octanol–water partition coefficient (Wildman–Crippen LogP) is 3.31. The van der Waals surface area contributed by atoms with E-state index in [2.05, 4.69) is 38.0 Å². The van der Waals surface area contributed by atoms with Crippen LogP contribution < -0.4 is 20.1 Å². The Morgan fingerprint density at radius 2 is 1.84 bits per heavy atom. The van der Waals surface area contributed by atoms with Crippen LogP contribution in [0.1, 0.15) is 43.5 Å². The second kappa shape index (κ2) is 9.89. The van der Waals surface area contributed by atoms with Crippen molar-refractivity contribution in [3.8, 4) is 11.5 Å². The summed E-state index contributed by atoms with van der Waals surface area (Å²) in [6.07, 6.45) is 7.93. The molecule has 0 bridgehead atoms. The van der Waals surface area contributed by atoms with Gasteiger partial charge in [0.2, 0.25) is 0 Å². The van der Waals surface area contributed by atoms with Crippen LogP contribution in [0.2, 0.25) is 0 Å². The summed E-state index contributed by atoms with van der Waals surface area (Å²) in [5, 5.41) is 15.5. The number of aliphatic imine (C=N–C) groups is 1. The molecule has 1 aliphatic carbocycles. The number of hydrogen-bond donors (Lipinski definition) is 2. The van der Waals surface area contributed by atoms with Crippen molar-refractivity contribution in [2.75, 3.05) is 27.8 Å². The molecule has 1 fully saturated rings. The van der Waals surface area contributed by atoms with E-state index in [1.807, 2.05) is 34.9 Å². The molecule has 0 saturated heterocycles. The fourth-order valence-electron chi connectivity index (χ4n) is 4.61. The monoisotopic (exact) mass is 436 g/mol. The number of hydrogen-bond acceptors (Lipinski definition) is 5. The molecule has 8 nitrogen and oxygen atoms in total. The van der Waals surface area contributed by atoms with E-state index in [0.29, 0.717) is 6.54 Å². The van der Waals surface area contributed by atoms with E-state index in [9.17, 15) is 0 Å². The van der Waals surface area contributed by atoms with Crippen LogP contribution >= 0.6 is 0 Å². The summed E-state index contributed by atoms with van der Waals surface area (Å²) in [7, 11) is 5.15. The largest absolute Gasteiger partial charge is 0.493 e. The molecule has 0 atom stereocenters. The highest BCUT2D eigenvalue weighted by molar-refractivity contribution is 5.79. The number of nitrogens with one attached hydrogen (secondary N) is 2. The molecule has 2 aromatic heterocycles. The number of rotatable bonds is 7. The predicted molar refractivity (Wildman–Crippen MR) is 125 cm³/mol. The van der Waals surface area contributed by atoms with E-state index in [0.717, 1.165) is 48.3 Å². The van der Waals surface area contributed by atoms with Crippen molar-refractivity contribution >= 4 is 11.6 Å². The summed E-state index contributed by atoms with van der Waals surface area (Å²) < 4.78 is 13.0. The molecule has 170 valence electrons. The molecule has 4 rings (SSSR count). The molecular formula is C24H32N6O2. The fraction of sp³-hybridized carbons (Fsp3) is 0.458. The fourth-order valence-corrected chi connectivity index (χ4v) is 4.61. The molecule has 0 unspecified atom stereocenters. The Hall–Kier alpha value is -3.29. The maximum absolute atomic E-state index is 5.58. The third-order valence-corrected chi connectivity index (χ3v) is 6.42. The van der Waals surface area contributed by atoms with E-state index in [-0.39, 0.29) is 5.41 Å². The van der Waals surface area contributed by atoms with Gasteiger partial charge in [0.1, 0.15) is 0 Å². The average molecular weight is 437 g/mol. The van der Waals surface area contributed by atoms with Gasteiger partial charge in [-0.2, -0.15) is 0 Å². The number of guanidine groups is 1. The van der Waals surface area contributed by atoms with Gasteiger partial charge in [-0.15, -0.1) is 10.2 Å². The second-order valence-corrected chi connectivity index (χ2v) is 8.24. The maximum Gasteiger partial charge on any atom is 0.191 e. The van der Waals surface area contributed by atoms with E-state index in [4.69, 9.17) is 9.47 Å². The zero-order chi connectivity index (χ0) is 22.4. The van der Waals surface area contributed by atoms with Crippen molar-refractivity contribution in [3.05, 3.63) is 54.0 Å². The average Bonchev–Trinajstić information content (AvgIpc) is 3.27. The second-order valence-electron chi connectivity index (χ2n) is 8.24. The van der Waals surface area contributed by atoms with Gasteiger partial charge in [0, 0.05) is 25.2 Å².